The Morgan fingerprint density at radius 1 is 1.26 bits per heavy atom. The molecule has 106 valence electrons. The number of rotatable bonds is 8. The second-order valence-electron chi connectivity index (χ2n) is 4.60. The van der Waals surface area contributed by atoms with Crippen LogP contribution in [-0.2, 0) is 0 Å². The first-order valence-corrected chi connectivity index (χ1v) is 6.83. The molecule has 0 aromatic heterocycles. The van der Waals surface area contributed by atoms with Crippen LogP contribution in [0.25, 0.3) is 0 Å². The molecule has 0 aliphatic carbocycles. The first-order valence-electron chi connectivity index (χ1n) is 6.83. The third-order valence-corrected chi connectivity index (χ3v) is 3.18. The molecule has 0 radical (unpaired) electrons. The lowest BCUT2D eigenvalue weighted by molar-refractivity contribution is -0.386. The van der Waals surface area contributed by atoms with E-state index in [1.54, 1.807) is 12.1 Å². The van der Waals surface area contributed by atoms with Crippen molar-refractivity contribution in [1.82, 2.24) is 4.90 Å². The van der Waals surface area contributed by atoms with Crippen molar-refractivity contribution in [3.05, 3.63) is 39.9 Å². The zero-order valence-corrected chi connectivity index (χ0v) is 11.7. The van der Waals surface area contributed by atoms with Gasteiger partial charge in [0.1, 0.15) is 0 Å². The van der Waals surface area contributed by atoms with E-state index in [9.17, 15) is 10.1 Å². The van der Waals surface area contributed by atoms with Crippen molar-refractivity contribution in [3.8, 4) is 0 Å². The molecule has 1 aromatic carbocycles. The van der Waals surface area contributed by atoms with Gasteiger partial charge in [0.25, 0.3) is 5.69 Å². The van der Waals surface area contributed by atoms with Crippen LogP contribution in [0.15, 0.2) is 24.3 Å². The Bertz CT molecular complexity index is 403. The summed E-state index contributed by atoms with van der Waals surface area (Å²) in [5, 5.41) is 11.1. The number of nitro benzene ring substituents is 1. The van der Waals surface area contributed by atoms with Crippen molar-refractivity contribution >= 4 is 5.69 Å². The molecule has 1 atom stereocenters. The van der Waals surface area contributed by atoms with Gasteiger partial charge in [0.2, 0.25) is 0 Å². The summed E-state index contributed by atoms with van der Waals surface area (Å²) in [6.45, 7) is 6.42. The normalized spacial score (nSPS) is 12.6. The summed E-state index contributed by atoms with van der Waals surface area (Å²) in [7, 11) is 0. The summed E-state index contributed by atoms with van der Waals surface area (Å²) >= 11 is 0. The Labute approximate surface area is 114 Å². The standard InChI is InChI=1S/C14H23N3O2/c1-3-9-16(10-4-2)14(11-15)12-7-5-6-8-13(12)17(18)19/h5-8,14H,3-4,9-11,15H2,1-2H3. The number of para-hydroxylation sites is 1. The van der Waals surface area contributed by atoms with Gasteiger partial charge in [-0.05, 0) is 25.9 Å². The summed E-state index contributed by atoms with van der Waals surface area (Å²) < 4.78 is 0. The third kappa shape index (κ3) is 4.01. The van der Waals surface area contributed by atoms with Crippen LogP contribution in [-0.4, -0.2) is 29.5 Å². The van der Waals surface area contributed by atoms with Crippen LogP contribution in [0.2, 0.25) is 0 Å². The van der Waals surface area contributed by atoms with E-state index in [0.29, 0.717) is 6.54 Å². The molecule has 1 unspecified atom stereocenters. The van der Waals surface area contributed by atoms with Crippen molar-refractivity contribution in [2.24, 2.45) is 5.73 Å². The molecule has 1 rings (SSSR count). The molecule has 1 aromatic rings. The number of hydrogen-bond donors (Lipinski definition) is 1. The predicted octanol–water partition coefficient (Wildman–Crippen LogP) is 2.72. The molecule has 0 amide bonds. The highest BCUT2D eigenvalue weighted by Gasteiger charge is 2.24. The summed E-state index contributed by atoms with van der Waals surface area (Å²) in [6.07, 6.45) is 2.02. The maximum absolute atomic E-state index is 11.1. The second kappa shape index (κ2) is 7.86. The van der Waals surface area contributed by atoms with Gasteiger partial charge in [-0.2, -0.15) is 0 Å². The Kier molecular flexibility index (Phi) is 6.45. The molecule has 0 heterocycles. The lowest BCUT2D eigenvalue weighted by atomic mass is 10.0. The number of nitrogens with zero attached hydrogens (tertiary/aromatic N) is 2. The molecule has 0 spiro atoms. The van der Waals surface area contributed by atoms with E-state index >= 15 is 0 Å². The molecule has 0 aliphatic rings. The number of benzene rings is 1. The van der Waals surface area contributed by atoms with Gasteiger partial charge in [0.05, 0.1) is 11.0 Å². The van der Waals surface area contributed by atoms with E-state index in [4.69, 9.17) is 5.73 Å². The third-order valence-electron chi connectivity index (χ3n) is 3.18. The maximum Gasteiger partial charge on any atom is 0.274 e. The van der Waals surface area contributed by atoms with Crippen LogP contribution in [0.3, 0.4) is 0 Å². The van der Waals surface area contributed by atoms with Crippen molar-refractivity contribution < 1.29 is 4.92 Å². The van der Waals surface area contributed by atoms with Crippen LogP contribution in [0.4, 0.5) is 5.69 Å². The zero-order chi connectivity index (χ0) is 14.3. The molecule has 0 aliphatic heterocycles. The van der Waals surface area contributed by atoms with Gasteiger partial charge in [0, 0.05) is 18.2 Å². The van der Waals surface area contributed by atoms with Gasteiger partial charge >= 0.3 is 0 Å². The van der Waals surface area contributed by atoms with Gasteiger partial charge < -0.3 is 5.73 Å². The zero-order valence-electron chi connectivity index (χ0n) is 11.7. The van der Waals surface area contributed by atoms with Gasteiger partial charge in [-0.25, -0.2) is 0 Å². The van der Waals surface area contributed by atoms with E-state index < -0.39 is 0 Å². The SMILES string of the molecule is CCCN(CCC)C(CN)c1ccccc1[N+](=O)[O-]. The van der Waals surface area contributed by atoms with E-state index in [1.807, 2.05) is 12.1 Å². The first kappa shape index (κ1) is 15.6. The molecular weight excluding hydrogens is 242 g/mol. The van der Waals surface area contributed by atoms with Crippen LogP contribution < -0.4 is 5.73 Å². The topological polar surface area (TPSA) is 72.4 Å². The quantitative estimate of drug-likeness (QED) is 0.579. The second-order valence-corrected chi connectivity index (χ2v) is 4.60. The predicted molar refractivity (Wildman–Crippen MR) is 77.0 cm³/mol. The highest BCUT2D eigenvalue weighted by molar-refractivity contribution is 5.42. The highest BCUT2D eigenvalue weighted by Crippen LogP contribution is 2.28. The van der Waals surface area contributed by atoms with E-state index in [-0.39, 0.29) is 16.7 Å². The molecule has 19 heavy (non-hydrogen) atoms. The molecule has 5 heteroatoms. The average molecular weight is 265 g/mol. The fourth-order valence-electron chi connectivity index (χ4n) is 2.41. The van der Waals surface area contributed by atoms with Gasteiger partial charge in [-0.15, -0.1) is 0 Å². The van der Waals surface area contributed by atoms with E-state index in [2.05, 4.69) is 18.7 Å². The summed E-state index contributed by atoms with van der Waals surface area (Å²) in [4.78, 5) is 13.0. The fraction of sp³-hybridized carbons (Fsp3) is 0.571. The number of nitro groups is 1. The smallest absolute Gasteiger partial charge is 0.274 e. The van der Waals surface area contributed by atoms with Crippen LogP contribution in [0.1, 0.15) is 38.3 Å². The Morgan fingerprint density at radius 3 is 2.32 bits per heavy atom. The molecule has 0 saturated carbocycles. The number of nitrogens with two attached hydrogens (primary N) is 1. The van der Waals surface area contributed by atoms with E-state index in [0.717, 1.165) is 31.5 Å². The minimum absolute atomic E-state index is 0.0819. The lowest BCUT2D eigenvalue weighted by Crippen LogP contribution is -2.35. The minimum Gasteiger partial charge on any atom is -0.329 e. The molecule has 0 fully saturated rings. The first-order chi connectivity index (χ1) is 9.15. The monoisotopic (exact) mass is 265 g/mol. The maximum atomic E-state index is 11.1. The van der Waals surface area contributed by atoms with Gasteiger partial charge in [0.15, 0.2) is 0 Å². The van der Waals surface area contributed by atoms with Crippen molar-refractivity contribution in [3.63, 3.8) is 0 Å². The lowest BCUT2D eigenvalue weighted by Gasteiger charge is -2.30. The fourth-order valence-corrected chi connectivity index (χ4v) is 2.41. The summed E-state index contributed by atoms with van der Waals surface area (Å²) in [5.74, 6) is 0. The van der Waals surface area contributed by atoms with Crippen LogP contribution in [0.5, 0.6) is 0 Å². The van der Waals surface area contributed by atoms with Crippen molar-refractivity contribution in [1.29, 1.82) is 0 Å². The van der Waals surface area contributed by atoms with Gasteiger partial charge in [-0.3, -0.25) is 15.0 Å². The molecule has 0 bridgehead atoms. The molecule has 0 saturated heterocycles. The summed E-state index contributed by atoms with van der Waals surface area (Å²) in [6, 6.07) is 6.81. The molecular formula is C14H23N3O2. The highest BCUT2D eigenvalue weighted by atomic mass is 16.6. The molecule has 2 N–H and O–H groups in total. The largest absolute Gasteiger partial charge is 0.329 e. The van der Waals surface area contributed by atoms with Crippen molar-refractivity contribution in [2.45, 2.75) is 32.7 Å². The van der Waals surface area contributed by atoms with Crippen molar-refractivity contribution in [2.75, 3.05) is 19.6 Å². The minimum atomic E-state index is -0.325. The van der Waals surface area contributed by atoms with Crippen LogP contribution >= 0.6 is 0 Å². The van der Waals surface area contributed by atoms with E-state index in [1.165, 1.54) is 0 Å². The Balaban J connectivity index is 3.10. The van der Waals surface area contributed by atoms with Crippen LogP contribution in [0, 0.1) is 10.1 Å². The molecule has 5 nitrogen and oxygen atoms in total. The summed E-state index contributed by atoms with van der Waals surface area (Å²) in [5.41, 5.74) is 6.75. The average Bonchev–Trinajstić information content (AvgIpc) is 2.40. The van der Waals surface area contributed by atoms with Gasteiger partial charge in [-0.1, -0.05) is 32.0 Å². The number of hydrogen-bond acceptors (Lipinski definition) is 4. The Hall–Kier alpha value is -1.46. The Morgan fingerprint density at radius 2 is 1.84 bits per heavy atom.